The molecule has 0 aromatic heterocycles. The van der Waals surface area contributed by atoms with E-state index < -0.39 is 0 Å². The minimum absolute atomic E-state index is 0. The maximum Gasteiger partial charge on any atom is 0.211 e. The van der Waals surface area contributed by atoms with Gasteiger partial charge in [0.15, 0.2) is 0 Å². The van der Waals surface area contributed by atoms with Gasteiger partial charge in [-0.3, -0.25) is 0 Å². The van der Waals surface area contributed by atoms with Gasteiger partial charge in [0.2, 0.25) is 11.4 Å². The van der Waals surface area contributed by atoms with E-state index in [9.17, 15) is 5.53 Å². The molecule has 0 saturated carbocycles. The third kappa shape index (κ3) is 38.0. The monoisotopic (exact) mass is 1250 g/mol. The first-order chi connectivity index (χ1) is 42.8. The predicted octanol–water partition coefficient (Wildman–Crippen LogP) is 27.5. The Morgan fingerprint density at radius 2 is 0.466 bits per heavy atom. The molecule has 1 heterocycles. The number of unbranched alkanes of at least 4 members (excludes halogenated alkanes) is 37. The quantitative estimate of drug-likeness (QED) is 0.0263. The Balaban J connectivity index is 0.00000153. The third-order valence-corrected chi connectivity index (χ3v) is 18.1. The summed E-state index contributed by atoms with van der Waals surface area (Å²) in [6.45, 7) is 13.9. The van der Waals surface area contributed by atoms with E-state index in [0.29, 0.717) is 11.5 Å². The second-order valence-electron chi connectivity index (χ2n) is 26.3. The fraction of sp³-hybridized carbons (Fsp3) is 0.663. The van der Waals surface area contributed by atoms with Gasteiger partial charge in [-0.05, 0) is 148 Å². The summed E-state index contributed by atoms with van der Waals surface area (Å²) in [6, 6.07) is 32.4. The molecule has 5 rings (SSSR count). The first kappa shape index (κ1) is 80.1. The van der Waals surface area contributed by atoms with Crippen molar-refractivity contribution in [2.24, 2.45) is 0 Å². The molecule has 0 radical (unpaired) electrons. The molecule has 1 aliphatic rings. The molecule has 4 aromatic carbocycles. The van der Waals surface area contributed by atoms with Crippen LogP contribution in [0.2, 0.25) is 0 Å². The van der Waals surface area contributed by atoms with Crippen LogP contribution in [0.1, 0.15) is 364 Å². The first-order valence-electron chi connectivity index (χ1n) is 37.5. The summed E-state index contributed by atoms with van der Waals surface area (Å²) in [5.74, 6) is 0.644. The van der Waals surface area contributed by atoms with Crippen molar-refractivity contribution in [3.05, 3.63) is 147 Å². The molecule has 1 aliphatic heterocycles. The smallest absolute Gasteiger partial charge is 0.211 e. The van der Waals surface area contributed by atoms with Gasteiger partial charge < -0.3 is 15.7 Å². The molecule has 0 spiro atoms. The average molecular weight is 1250 g/mol. The molecule has 0 fully saturated rings. The number of nitrogens with zero attached hydrogens (tertiary/aromatic N) is 2. The molecule has 0 unspecified atom stereocenters. The molecular formula is C83H134N2NiO2. The van der Waals surface area contributed by atoms with Crippen molar-refractivity contribution in [1.82, 2.24) is 0 Å². The number of phenols is 2. The number of phenolic OH excluding ortho intramolecular Hbond substituents is 2. The summed E-state index contributed by atoms with van der Waals surface area (Å²) in [6.07, 6.45) is 65.4. The predicted molar refractivity (Wildman–Crippen MR) is 383 cm³/mol. The van der Waals surface area contributed by atoms with Crippen molar-refractivity contribution in [2.75, 3.05) is 0 Å². The zero-order chi connectivity index (χ0) is 62.5. The number of aryl methyl sites for hydroxylation is 4. The molecule has 0 bridgehead atoms. The number of aromatic hydroxyl groups is 2. The fourth-order valence-corrected chi connectivity index (χ4v) is 12.8. The average Bonchev–Trinajstić information content (AvgIpc) is 3.09. The maximum absolute atomic E-state index is 12.8. The van der Waals surface area contributed by atoms with E-state index in [1.54, 1.807) is 53.2 Å². The second kappa shape index (κ2) is 55.9. The van der Waals surface area contributed by atoms with Crippen LogP contribution in [-0.4, -0.2) is 14.9 Å². The Morgan fingerprint density at radius 3 is 0.716 bits per heavy atom. The van der Waals surface area contributed by atoms with Gasteiger partial charge in [-0.2, -0.15) is 0 Å². The zero-order valence-electron chi connectivity index (χ0n) is 58.0. The van der Waals surface area contributed by atoms with Gasteiger partial charge in [0.25, 0.3) is 0 Å². The SMILES string of the molecule is CCCCCCCCCCCCCCCCCCCc1cc(CCCC)cc(C2=C(CCCC)C(CCCCC)=C(c3cc(CCCC)cc(CCCCCCCCCCCCCCCCCCC)c3)[N+]2=[N-])c1.Oc1ccccc1.Oc1ccccc1.[Ni]. The molecule has 0 amide bonds. The van der Waals surface area contributed by atoms with E-state index in [1.165, 1.54) is 308 Å². The van der Waals surface area contributed by atoms with Crippen molar-refractivity contribution in [3.8, 4) is 11.5 Å². The first-order valence-corrected chi connectivity index (χ1v) is 37.5. The van der Waals surface area contributed by atoms with Crippen LogP contribution >= 0.6 is 0 Å². The Bertz CT molecular complexity index is 2300. The van der Waals surface area contributed by atoms with E-state index in [4.69, 9.17) is 10.2 Å². The summed E-state index contributed by atoms with van der Waals surface area (Å²) in [4.78, 5) is 0. The number of para-hydroxylation sites is 2. The van der Waals surface area contributed by atoms with Gasteiger partial charge in [-0.15, -0.1) is 0 Å². The Hall–Kier alpha value is -3.95. The van der Waals surface area contributed by atoms with Crippen molar-refractivity contribution in [2.45, 2.75) is 356 Å². The molecule has 88 heavy (non-hydrogen) atoms. The molecule has 2 N–H and O–H groups in total. The summed E-state index contributed by atoms with van der Waals surface area (Å²) < 4.78 is 1.71. The molecule has 5 heteroatoms. The van der Waals surface area contributed by atoms with Crippen LogP contribution in [0.25, 0.3) is 16.9 Å². The molecular weight excluding hydrogens is 1120 g/mol. The fourth-order valence-electron chi connectivity index (χ4n) is 12.8. The van der Waals surface area contributed by atoms with Crippen molar-refractivity contribution in [3.63, 3.8) is 0 Å². The minimum Gasteiger partial charge on any atom is -0.508 e. The van der Waals surface area contributed by atoms with Crippen molar-refractivity contribution in [1.29, 1.82) is 0 Å². The molecule has 0 saturated heterocycles. The number of hydrogen-bond donors (Lipinski definition) is 2. The van der Waals surface area contributed by atoms with Gasteiger partial charge >= 0.3 is 0 Å². The minimum atomic E-state index is 0. The Kier molecular flexibility index (Phi) is 50.9. The number of allylic oxidation sites excluding steroid dienone is 2. The standard InChI is InChI=1S/C71H122N2.2C6H6O.Ni/c1-7-13-19-21-23-25-27-29-31-33-35-37-39-41-43-45-48-52-64-56-62(50-16-10-4)58-66(60-64)70-68(54-18-12-6)69(55-47-15-9-3)71(73(70)72)67-59-63(51-17-11-5)57-65(61-67)53-49-46-44-42-40-38-36-34-32-30-28-26-24-22-20-14-8-2;2*7-6-4-2-1-3-5-6;/h56-61H,7-55H2,1-6H3;2*1-5,7H;. The van der Waals surface area contributed by atoms with E-state index in [1.807, 2.05) is 12.1 Å². The summed E-state index contributed by atoms with van der Waals surface area (Å²) >= 11 is 0. The maximum atomic E-state index is 12.8. The van der Waals surface area contributed by atoms with Crippen molar-refractivity contribution >= 4 is 11.4 Å². The molecule has 4 nitrogen and oxygen atoms in total. The van der Waals surface area contributed by atoms with Crippen molar-refractivity contribution < 1.29 is 31.4 Å². The number of hydrogen-bond acceptors (Lipinski definition) is 2. The summed E-state index contributed by atoms with van der Waals surface area (Å²) in [7, 11) is 0. The number of rotatable bonds is 51. The molecule has 0 atom stereocenters. The number of benzene rings is 4. The van der Waals surface area contributed by atoms with Gasteiger partial charge in [-0.1, -0.05) is 328 Å². The van der Waals surface area contributed by atoms with Crippen LogP contribution in [0.5, 0.6) is 11.5 Å². The molecule has 4 aromatic rings. The van der Waals surface area contributed by atoms with E-state index in [2.05, 4.69) is 77.9 Å². The second-order valence-corrected chi connectivity index (χ2v) is 26.3. The molecule has 498 valence electrons. The van der Waals surface area contributed by atoms with E-state index in [0.717, 1.165) is 62.8 Å². The van der Waals surface area contributed by atoms with Crippen LogP contribution in [0.4, 0.5) is 0 Å². The summed E-state index contributed by atoms with van der Waals surface area (Å²) in [5.41, 5.74) is 26.2. The van der Waals surface area contributed by atoms with E-state index in [-0.39, 0.29) is 16.5 Å². The van der Waals surface area contributed by atoms with Gasteiger partial charge in [0, 0.05) is 38.8 Å². The van der Waals surface area contributed by atoms with Gasteiger partial charge in [0.1, 0.15) is 11.5 Å². The van der Waals surface area contributed by atoms with Crippen LogP contribution in [-0.2, 0) is 42.2 Å². The topological polar surface area (TPSA) is 65.8 Å². The largest absolute Gasteiger partial charge is 0.508 e. The van der Waals surface area contributed by atoms with Crippen LogP contribution in [0.15, 0.2) is 108 Å². The van der Waals surface area contributed by atoms with Crippen LogP contribution in [0, 0.1) is 0 Å². The third-order valence-electron chi connectivity index (χ3n) is 18.1. The Labute approximate surface area is 554 Å². The normalized spacial score (nSPS) is 12.1. The van der Waals surface area contributed by atoms with Crippen LogP contribution in [0.3, 0.4) is 0 Å². The van der Waals surface area contributed by atoms with Crippen LogP contribution < -0.4 is 0 Å². The Morgan fingerprint density at radius 1 is 0.261 bits per heavy atom. The van der Waals surface area contributed by atoms with E-state index >= 15 is 0 Å². The van der Waals surface area contributed by atoms with Gasteiger partial charge in [0.05, 0.1) is 0 Å². The van der Waals surface area contributed by atoms with Gasteiger partial charge in [-0.25, -0.2) is 4.70 Å². The summed E-state index contributed by atoms with van der Waals surface area (Å²) in [5, 5.41) is 17.3. The zero-order valence-corrected chi connectivity index (χ0v) is 59.0. The molecule has 0 aliphatic carbocycles.